The molecule has 0 aliphatic rings. The second-order valence-electron chi connectivity index (χ2n) is 6.12. The summed E-state index contributed by atoms with van der Waals surface area (Å²) in [5.41, 5.74) is 0.397. The van der Waals surface area contributed by atoms with Crippen LogP contribution in [-0.4, -0.2) is 15.1 Å². The molecular formula is C20H14F3N3OS. The number of fused-ring (bicyclic) bond motifs is 1. The van der Waals surface area contributed by atoms with Crippen molar-refractivity contribution in [1.82, 2.24) is 15.1 Å². The largest absolute Gasteiger partial charge is 0.416 e. The van der Waals surface area contributed by atoms with Crippen LogP contribution in [0.5, 0.6) is 0 Å². The Kier molecular flexibility index (Phi) is 4.80. The molecule has 0 saturated heterocycles. The fourth-order valence-electron chi connectivity index (χ4n) is 2.77. The van der Waals surface area contributed by atoms with Gasteiger partial charge in [0.05, 0.1) is 16.3 Å². The molecule has 2 aromatic carbocycles. The molecule has 0 N–H and O–H groups in total. The molecule has 0 radical (unpaired) electrons. The monoisotopic (exact) mass is 401 g/mol. The molecule has 1 unspecified atom stereocenters. The molecule has 0 aliphatic carbocycles. The molecule has 8 heteroatoms. The van der Waals surface area contributed by atoms with Gasteiger partial charge in [-0.1, -0.05) is 35.5 Å². The number of hydrogen-bond acceptors (Lipinski definition) is 5. The second kappa shape index (κ2) is 7.27. The molecule has 142 valence electrons. The number of rotatable bonds is 4. The van der Waals surface area contributed by atoms with Crippen LogP contribution in [0.15, 0.2) is 70.2 Å². The van der Waals surface area contributed by atoms with Crippen LogP contribution in [0.4, 0.5) is 13.2 Å². The summed E-state index contributed by atoms with van der Waals surface area (Å²) in [7, 11) is 0. The zero-order valence-corrected chi connectivity index (χ0v) is 15.5. The van der Waals surface area contributed by atoms with Gasteiger partial charge < -0.3 is 4.52 Å². The second-order valence-corrected chi connectivity index (χ2v) is 7.50. The highest BCUT2D eigenvalue weighted by Gasteiger charge is 2.31. The van der Waals surface area contributed by atoms with Crippen LogP contribution in [0.1, 0.15) is 23.6 Å². The number of aromatic nitrogens is 3. The first-order valence-electron chi connectivity index (χ1n) is 8.43. The van der Waals surface area contributed by atoms with Gasteiger partial charge in [0.15, 0.2) is 0 Å². The first-order valence-corrected chi connectivity index (χ1v) is 9.31. The third-order valence-electron chi connectivity index (χ3n) is 4.15. The lowest BCUT2D eigenvalue weighted by Crippen LogP contribution is -2.04. The summed E-state index contributed by atoms with van der Waals surface area (Å²) < 4.78 is 44.1. The third kappa shape index (κ3) is 3.73. The topological polar surface area (TPSA) is 51.8 Å². The van der Waals surface area contributed by atoms with E-state index in [9.17, 15) is 13.2 Å². The van der Waals surface area contributed by atoms with E-state index in [1.54, 1.807) is 6.20 Å². The number of pyridine rings is 1. The zero-order chi connectivity index (χ0) is 19.7. The van der Waals surface area contributed by atoms with E-state index in [0.29, 0.717) is 5.89 Å². The first-order chi connectivity index (χ1) is 13.4. The fraction of sp³-hybridized carbons (Fsp3) is 0.150. The van der Waals surface area contributed by atoms with Crippen molar-refractivity contribution < 1.29 is 17.7 Å². The van der Waals surface area contributed by atoms with Gasteiger partial charge in [0.1, 0.15) is 0 Å². The van der Waals surface area contributed by atoms with Crippen molar-refractivity contribution in [2.45, 2.75) is 23.2 Å². The maximum Gasteiger partial charge on any atom is 0.416 e. The van der Waals surface area contributed by atoms with Crippen LogP contribution in [0.25, 0.3) is 22.3 Å². The lowest BCUT2D eigenvalue weighted by atomic mass is 10.1. The minimum Gasteiger partial charge on any atom is -0.338 e. The Balaban J connectivity index is 1.59. The molecule has 0 amide bonds. The summed E-state index contributed by atoms with van der Waals surface area (Å²) in [6.45, 7) is 1.91. The Labute approximate surface area is 162 Å². The van der Waals surface area contributed by atoms with Crippen LogP contribution in [-0.2, 0) is 6.18 Å². The van der Waals surface area contributed by atoms with Gasteiger partial charge in [-0.15, -0.1) is 11.8 Å². The van der Waals surface area contributed by atoms with Crippen molar-refractivity contribution >= 4 is 22.7 Å². The van der Waals surface area contributed by atoms with Gasteiger partial charge in [-0.05, 0) is 31.2 Å². The molecule has 0 bridgehead atoms. The smallest absolute Gasteiger partial charge is 0.338 e. The average molecular weight is 401 g/mol. The number of alkyl halides is 3. The Morgan fingerprint density at radius 3 is 2.68 bits per heavy atom. The highest BCUT2D eigenvalue weighted by molar-refractivity contribution is 7.99. The Hall–Kier alpha value is -2.87. The molecule has 2 aromatic heterocycles. The van der Waals surface area contributed by atoms with Gasteiger partial charge in [0.2, 0.25) is 11.7 Å². The molecule has 28 heavy (non-hydrogen) atoms. The number of halogens is 3. The van der Waals surface area contributed by atoms with Crippen LogP contribution < -0.4 is 0 Å². The molecule has 1 atom stereocenters. The molecule has 4 aromatic rings. The molecule has 4 nitrogen and oxygen atoms in total. The summed E-state index contributed by atoms with van der Waals surface area (Å²) in [6.07, 6.45) is -2.69. The van der Waals surface area contributed by atoms with E-state index >= 15 is 0 Å². The highest BCUT2D eigenvalue weighted by Crippen LogP contribution is 2.38. The molecule has 0 fully saturated rings. The summed E-state index contributed by atoms with van der Waals surface area (Å²) in [5.74, 6) is 0.478. The Morgan fingerprint density at radius 2 is 1.86 bits per heavy atom. The maximum atomic E-state index is 12.9. The predicted octanol–water partition coefficient (Wildman–Crippen LogP) is 6.16. The minimum atomic E-state index is -4.42. The van der Waals surface area contributed by atoms with Gasteiger partial charge in [0.25, 0.3) is 0 Å². The van der Waals surface area contributed by atoms with Gasteiger partial charge in [-0.25, -0.2) is 0 Å². The van der Waals surface area contributed by atoms with E-state index in [2.05, 4.69) is 15.1 Å². The van der Waals surface area contributed by atoms with Crippen molar-refractivity contribution in [3.8, 4) is 11.4 Å². The molecule has 0 aliphatic heterocycles. The maximum absolute atomic E-state index is 12.9. The Morgan fingerprint density at radius 1 is 1.04 bits per heavy atom. The summed E-state index contributed by atoms with van der Waals surface area (Å²) in [5, 5.41) is 4.69. The SMILES string of the molecule is CC(Sc1ccnc2ccccc12)c1nc(-c2cccc(C(F)(F)F)c2)no1. The number of benzene rings is 2. The van der Waals surface area contributed by atoms with Crippen molar-refractivity contribution in [2.75, 3.05) is 0 Å². The lowest BCUT2D eigenvalue weighted by molar-refractivity contribution is -0.137. The van der Waals surface area contributed by atoms with Crippen LogP contribution in [0.3, 0.4) is 0 Å². The van der Waals surface area contributed by atoms with Crippen LogP contribution in [0, 0.1) is 0 Å². The summed E-state index contributed by atoms with van der Waals surface area (Å²) in [6, 6.07) is 14.6. The Bertz CT molecular complexity index is 1120. The van der Waals surface area contributed by atoms with Crippen molar-refractivity contribution in [3.63, 3.8) is 0 Å². The van der Waals surface area contributed by atoms with Crippen LogP contribution >= 0.6 is 11.8 Å². The van der Waals surface area contributed by atoms with E-state index in [0.717, 1.165) is 27.9 Å². The fourth-order valence-corrected chi connectivity index (χ4v) is 3.78. The van der Waals surface area contributed by atoms with Gasteiger partial charge >= 0.3 is 6.18 Å². The van der Waals surface area contributed by atoms with E-state index in [4.69, 9.17) is 4.52 Å². The first kappa shape index (κ1) is 18.5. The quantitative estimate of drug-likeness (QED) is 0.384. The number of thioether (sulfide) groups is 1. The van der Waals surface area contributed by atoms with E-state index < -0.39 is 11.7 Å². The molecule has 0 saturated carbocycles. The van der Waals surface area contributed by atoms with Crippen molar-refractivity contribution in [1.29, 1.82) is 0 Å². The number of para-hydroxylation sites is 1. The molecule has 0 spiro atoms. The number of nitrogens with zero attached hydrogens (tertiary/aromatic N) is 3. The van der Waals surface area contributed by atoms with Crippen molar-refractivity contribution in [3.05, 3.63) is 72.2 Å². The van der Waals surface area contributed by atoms with E-state index in [1.807, 2.05) is 37.3 Å². The highest BCUT2D eigenvalue weighted by atomic mass is 32.2. The van der Waals surface area contributed by atoms with Gasteiger partial charge in [-0.2, -0.15) is 18.2 Å². The lowest BCUT2D eigenvalue weighted by Gasteiger charge is -2.09. The standard InChI is InChI=1S/C20H14F3N3OS/c1-12(28-17-9-10-24-16-8-3-2-7-15(16)17)19-25-18(26-27-19)13-5-4-6-14(11-13)20(21,22)23/h2-12H,1H3. The third-order valence-corrected chi connectivity index (χ3v) is 5.32. The predicted molar refractivity (Wildman–Crippen MR) is 101 cm³/mol. The summed E-state index contributed by atoms with van der Waals surface area (Å²) in [4.78, 5) is 9.65. The van der Waals surface area contributed by atoms with E-state index in [1.165, 1.54) is 23.9 Å². The van der Waals surface area contributed by atoms with E-state index in [-0.39, 0.29) is 16.6 Å². The van der Waals surface area contributed by atoms with Gasteiger partial charge in [-0.3, -0.25) is 4.98 Å². The average Bonchev–Trinajstić information content (AvgIpc) is 3.18. The molecule has 4 rings (SSSR count). The van der Waals surface area contributed by atoms with Crippen molar-refractivity contribution in [2.24, 2.45) is 0 Å². The van der Waals surface area contributed by atoms with Crippen LogP contribution in [0.2, 0.25) is 0 Å². The minimum absolute atomic E-state index is 0.133. The molecule has 2 heterocycles. The zero-order valence-electron chi connectivity index (χ0n) is 14.6. The number of hydrogen-bond donors (Lipinski definition) is 0. The normalized spacial score (nSPS) is 13.0. The molecular weight excluding hydrogens is 387 g/mol. The van der Waals surface area contributed by atoms with Gasteiger partial charge in [0, 0.05) is 22.0 Å². The summed E-state index contributed by atoms with van der Waals surface area (Å²) >= 11 is 1.53.